The molecule has 0 aliphatic heterocycles. The molecule has 0 atom stereocenters. The van der Waals surface area contributed by atoms with E-state index >= 15 is 0 Å². The van der Waals surface area contributed by atoms with E-state index in [1.807, 2.05) is 4.72 Å². The monoisotopic (exact) mass is 530 g/mol. The molecule has 2 amide bonds. The Morgan fingerprint density at radius 1 is 0.971 bits per heavy atom. The number of aromatic amines is 1. The van der Waals surface area contributed by atoms with Crippen LogP contribution in [-0.2, 0) is 10.0 Å². The van der Waals surface area contributed by atoms with Crippen molar-refractivity contribution < 1.29 is 13.2 Å². The Morgan fingerprint density at radius 3 is 2.37 bits per heavy atom. The van der Waals surface area contributed by atoms with Crippen molar-refractivity contribution in [3.8, 4) is 11.1 Å². The molecule has 0 spiro atoms. The summed E-state index contributed by atoms with van der Waals surface area (Å²) in [5.74, 6) is 0. The zero-order valence-corrected chi connectivity index (χ0v) is 20.8. The second-order valence-corrected chi connectivity index (χ2v) is 11.2. The largest absolute Gasteiger partial charge is 0.388 e. The molecule has 4 aromatic rings. The van der Waals surface area contributed by atoms with E-state index in [-0.39, 0.29) is 19.5 Å². The molecule has 4 N–H and O–H groups in total. The zero-order valence-electron chi connectivity index (χ0n) is 18.4. The molecule has 2 heterocycles. The second kappa shape index (κ2) is 9.53. The van der Waals surface area contributed by atoms with Gasteiger partial charge in [0.15, 0.2) is 5.43 Å². The smallest absolute Gasteiger partial charge is 0.333 e. The number of nitrogens with one attached hydrogen (secondary N) is 4. The molecule has 12 heteroatoms. The fourth-order valence-electron chi connectivity index (χ4n) is 3.53. The van der Waals surface area contributed by atoms with Crippen molar-refractivity contribution >= 4 is 61.3 Å². The normalized spacial score (nSPS) is 11.3. The molecule has 2 aromatic carbocycles. The van der Waals surface area contributed by atoms with Gasteiger partial charge in [-0.25, -0.2) is 17.9 Å². The van der Waals surface area contributed by atoms with Gasteiger partial charge in [-0.05, 0) is 60.5 Å². The van der Waals surface area contributed by atoms with Crippen molar-refractivity contribution in [1.29, 1.82) is 0 Å². The topological polar surface area (TPSA) is 137 Å². The van der Waals surface area contributed by atoms with E-state index < -0.39 is 21.6 Å². The first-order chi connectivity index (χ1) is 16.6. The van der Waals surface area contributed by atoms with Crippen LogP contribution in [0.1, 0.15) is 5.56 Å². The third-order valence-electron chi connectivity index (χ3n) is 5.15. The van der Waals surface area contributed by atoms with Crippen LogP contribution in [0.25, 0.3) is 22.0 Å². The second-order valence-electron chi connectivity index (χ2n) is 7.53. The number of urea groups is 1. The van der Waals surface area contributed by atoms with Gasteiger partial charge in [-0.15, -0.1) is 11.3 Å². The Kier molecular flexibility index (Phi) is 6.66. The first-order valence-corrected chi connectivity index (χ1v) is 12.8. The van der Waals surface area contributed by atoms with Gasteiger partial charge >= 0.3 is 6.03 Å². The van der Waals surface area contributed by atoms with Gasteiger partial charge in [0.1, 0.15) is 4.21 Å². The number of fused-ring (bicyclic) bond motifs is 1. The van der Waals surface area contributed by atoms with Gasteiger partial charge in [-0.1, -0.05) is 17.7 Å². The molecule has 9 nitrogen and oxygen atoms in total. The quantitative estimate of drug-likeness (QED) is 0.306. The molecule has 0 fully saturated rings. The number of anilines is 2. The van der Waals surface area contributed by atoms with Crippen LogP contribution in [0.5, 0.6) is 0 Å². The Labute approximate surface area is 208 Å². The number of benzene rings is 2. The summed E-state index contributed by atoms with van der Waals surface area (Å²) in [4.78, 5) is 40.7. The highest BCUT2D eigenvalue weighted by Crippen LogP contribution is 2.26. The van der Waals surface area contributed by atoms with Gasteiger partial charge in [0.05, 0.1) is 9.85 Å². The molecule has 0 unspecified atom stereocenters. The van der Waals surface area contributed by atoms with Gasteiger partial charge in [-0.3, -0.25) is 9.59 Å². The Bertz CT molecular complexity index is 1700. The lowest BCUT2D eigenvalue weighted by Crippen LogP contribution is -2.33. The van der Waals surface area contributed by atoms with E-state index in [1.165, 1.54) is 24.3 Å². The maximum absolute atomic E-state index is 13.3. The number of carbonyl (C=O) groups excluding carboxylic acids is 1. The lowest BCUT2D eigenvalue weighted by Gasteiger charge is -2.10. The highest BCUT2D eigenvalue weighted by Gasteiger charge is 2.20. The maximum Gasteiger partial charge on any atom is 0.333 e. The molecular formula is C23H19ClN4O5S2. The molecule has 0 aliphatic rings. The number of sulfonamides is 1. The van der Waals surface area contributed by atoms with E-state index in [1.54, 1.807) is 44.3 Å². The molecule has 0 radical (unpaired) electrons. The number of hydrogen-bond acceptors (Lipinski definition) is 7. The minimum absolute atomic E-state index is 0.0941. The number of halogens is 1. The first-order valence-electron chi connectivity index (χ1n) is 10.2. The number of amides is 2. The van der Waals surface area contributed by atoms with Crippen LogP contribution in [-0.4, -0.2) is 26.5 Å². The molecule has 0 saturated heterocycles. The number of hydrogen-bond donors (Lipinski definition) is 4. The van der Waals surface area contributed by atoms with Crippen molar-refractivity contribution in [2.75, 3.05) is 17.7 Å². The third-order valence-corrected chi connectivity index (χ3v) is 8.20. The summed E-state index contributed by atoms with van der Waals surface area (Å²) in [5, 5.41) is 5.77. The number of H-pyrrole nitrogens is 1. The molecule has 35 heavy (non-hydrogen) atoms. The van der Waals surface area contributed by atoms with Crippen molar-refractivity contribution in [1.82, 2.24) is 9.71 Å². The van der Waals surface area contributed by atoms with Gasteiger partial charge < -0.3 is 15.6 Å². The fourth-order valence-corrected chi connectivity index (χ4v) is 5.92. The fraction of sp³-hybridized carbons (Fsp3) is 0.0870. The van der Waals surface area contributed by atoms with Crippen LogP contribution >= 0.6 is 22.9 Å². The highest BCUT2D eigenvalue weighted by molar-refractivity contribution is 7.92. The highest BCUT2D eigenvalue weighted by atomic mass is 35.5. The molecular weight excluding hydrogens is 512 g/mol. The summed E-state index contributed by atoms with van der Waals surface area (Å²) in [5.41, 5.74) is 1.97. The molecule has 0 bridgehead atoms. The van der Waals surface area contributed by atoms with Gasteiger partial charge in [0.2, 0.25) is 5.56 Å². The van der Waals surface area contributed by atoms with Crippen LogP contribution < -0.4 is 26.3 Å². The lowest BCUT2D eigenvalue weighted by molar-refractivity contribution is 0.256. The summed E-state index contributed by atoms with van der Waals surface area (Å²) >= 11 is 6.59. The van der Waals surface area contributed by atoms with Crippen LogP contribution in [0.15, 0.2) is 68.4 Å². The van der Waals surface area contributed by atoms with Gasteiger partial charge in [0.25, 0.3) is 10.0 Å². The van der Waals surface area contributed by atoms with Crippen LogP contribution in [0, 0.1) is 6.92 Å². The van der Waals surface area contributed by atoms with Crippen molar-refractivity contribution in [3.63, 3.8) is 0 Å². The predicted molar refractivity (Wildman–Crippen MR) is 139 cm³/mol. The summed E-state index contributed by atoms with van der Waals surface area (Å²) < 4.78 is 26.7. The Morgan fingerprint density at radius 2 is 1.71 bits per heavy atom. The van der Waals surface area contributed by atoms with E-state index in [2.05, 4.69) is 15.6 Å². The molecule has 2 aromatic heterocycles. The summed E-state index contributed by atoms with van der Waals surface area (Å²) in [7, 11) is -2.34. The number of aryl methyl sites for hydroxylation is 1. The van der Waals surface area contributed by atoms with Crippen LogP contribution in [0.2, 0.25) is 4.34 Å². The van der Waals surface area contributed by atoms with Gasteiger partial charge in [-0.2, -0.15) is 0 Å². The third kappa shape index (κ3) is 5.21. The number of carbonyl (C=O) groups is 1. The standard InChI is InChI=1S/C23H19ClN4O5S2/c1-12-9-14(26-23(31)28-35(32,33)21-8-7-19(24)34-21)4-5-15(12)17-11-20(29)27-18-10-13(25-2)3-6-16(18)22(17)30/h3-11,25H,1-2H3,(H,27,29)(H2,26,28,31). The van der Waals surface area contributed by atoms with E-state index in [0.717, 1.165) is 17.0 Å². The van der Waals surface area contributed by atoms with Gasteiger partial charge in [0, 0.05) is 35.4 Å². The summed E-state index contributed by atoms with van der Waals surface area (Å²) in [6, 6.07) is 12.7. The van der Waals surface area contributed by atoms with Crippen molar-refractivity contribution in [3.05, 3.63) is 85.1 Å². The molecule has 180 valence electrons. The molecule has 4 rings (SSSR count). The Hall–Kier alpha value is -3.67. The van der Waals surface area contributed by atoms with E-state index in [9.17, 15) is 22.8 Å². The van der Waals surface area contributed by atoms with Crippen molar-refractivity contribution in [2.45, 2.75) is 11.1 Å². The SMILES string of the molecule is CNc1ccc2c(=O)c(-c3ccc(NC(=O)NS(=O)(=O)c4ccc(Cl)s4)cc3C)cc(=O)[nH]c2c1. The minimum atomic E-state index is -4.08. The first kappa shape index (κ1) is 24.5. The zero-order chi connectivity index (χ0) is 25.3. The molecule has 0 saturated carbocycles. The summed E-state index contributed by atoms with van der Waals surface area (Å²) in [6.07, 6.45) is 0. The van der Waals surface area contributed by atoms with E-state index in [4.69, 9.17) is 11.6 Å². The number of aromatic nitrogens is 1. The minimum Gasteiger partial charge on any atom is -0.388 e. The lowest BCUT2D eigenvalue weighted by atomic mass is 10.00. The molecule has 0 aliphatic carbocycles. The summed E-state index contributed by atoms with van der Waals surface area (Å²) in [6.45, 7) is 1.71. The maximum atomic E-state index is 13.3. The average molecular weight is 531 g/mol. The number of thiophene rings is 1. The van der Waals surface area contributed by atoms with Crippen molar-refractivity contribution in [2.24, 2.45) is 0 Å². The average Bonchev–Trinajstić information content (AvgIpc) is 3.19. The predicted octanol–water partition coefficient (Wildman–Crippen LogP) is 4.13. The van der Waals surface area contributed by atoms with Crippen LogP contribution in [0.3, 0.4) is 0 Å². The van der Waals surface area contributed by atoms with E-state index in [0.29, 0.717) is 27.7 Å². The number of rotatable bonds is 5. The van der Waals surface area contributed by atoms with Crippen LogP contribution in [0.4, 0.5) is 16.2 Å². The Balaban J connectivity index is 1.65.